The molecule has 0 atom stereocenters. The van der Waals surface area contributed by atoms with Crippen molar-refractivity contribution in [3.8, 4) is 5.75 Å². The first-order chi connectivity index (χ1) is 12.0. The molecular weight excluding hydrogens is 404 g/mol. The van der Waals surface area contributed by atoms with E-state index in [1.807, 2.05) is 31.2 Å². The summed E-state index contributed by atoms with van der Waals surface area (Å²) in [6, 6.07) is 12.8. The zero-order valence-corrected chi connectivity index (χ0v) is 16.4. The molecule has 132 valence electrons. The van der Waals surface area contributed by atoms with E-state index in [2.05, 4.69) is 26.6 Å². The molecule has 0 heterocycles. The summed E-state index contributed by atoms with van der Waals surface area (Å²) in [6.07, 6.45) is 0. The molecule has 0 aromatic heterocycles. The van der Waals surface area contributed by atoms with Crippen molar-refractivity contribution >= 4 is 44.9 Å². The average Bonchev–Trinajstić information content (AvgIpc) is 2.58. The standard InChI is InChI=1S/C18H19BrN2O3S/c1-12-3-6-14(7-4-12)20-18(25)21-17(22)13-5-8-16(15(19)11-13)24-10-9-23-2/h3-8,11H,9-10H2,1-2H3,(H2,20,21,22,25). The summed E-state index contributed by atoms with van der Waals surface area (Å²) in [5.41, 5.74) is 2.44. The lowest BCUT2D eigenvalue weighted by molar-refractivity contribution is 0.0977. The van der Waals surface area contributed by atoms with Crippen LogP contribution in [-0.2, 0) is 4.74 Å². The second-order valence-electron chi connectivity index (χ2n) is 5.26. The molecule has 5 nitrogen and oxygen atoms in total. The Balaban J connectivity index is 1.94. The van der Waals surface area contributed by atoms with Gasteiger partial charge in [-0.25, -0.2) is 0 Å². The number of ether oxygens (including phenoxy) is 2. The molecule has 0 unspecified atom stereocenters. The second-order valence-corrected chi connectivity index (χ2v) is 6.52. The minimum atomic E-state index is -0.297. The van der Waals surface area contributed by atoms with Crippen LogP contribution in [0.4, 0.5) is 5.69 Å². The number of methoxy groups -OCH3 is 1. The maximum absolute atomic E-state index is 12.3. The highest BCUT2D eigenvalue weighted by Gasteiger charge is 2.11. The number of benzene rings is 2. The third-order valence-corrected chi connectivity index (χ3v) is 4.10. The van der Waals surface area contributed by atoms with Gasteiger partial charge >= 0.3 is 0 Å². The Morgan fingerprint density at radius 3 is 2.52 bits per heavy atom. The molecule has 0 bridgehead atoms. The van der Waals surface area contributed by atoms with E-state index in [0.717, 1.165) is 11.3 Å². The summed E-state index contributed by atoms with van der Waals surface area (Å²) in [7, 11) is 1.61. The number of amides is 1. The molecule has 1 amide bonds. The Hall–Kier alpha value is -1.96. The number of aryl methyl sites for hydroxylation is 1. The van der Waals surface area contributed by atoms with Crippen LogP contribution in [0.3, 0.4) is 0 Å². The van der Waals surface area contributed by atoms with Crippen LogP contribution < -0.4 is 15.4 Å². The lowest BCUT2D eigenvalue weighted by Gasteiger charge is -2.11. The fraction of sp³-hybridized carbons (Fsp3) is 0.222. The highest BCUT2D eigenvalue weighted by atomic mass is 79.9. The van der Waals surface area contributed by atoms with Crippen LogP contribution in [0.5, 0.6) is 5.75 Å². The quantitative estimate of drug-likeness (QED) is 0.545. The van der Waals surface area contributed by atoms with Crippen molar-refractivity contribution in [1.29, 1.82) is 0 Å². The monoisotopic (exact) mass is 422 g/mol. The number of anilines is 1. The molecule has 0 aliphatic carbocycles. The Morgan fingerprint density at radius 2 is 1.88 bits per heavy atom. The number of nitrogens with one attached hydrogen (secondary N) is 2. The summed E-state index contributed by atoms with van der Waals surface area (Å²) in [6.45, 7) is 2.93. The number of thiocarbonyl (C=S) groups is 1. The third-order valence-electron chi connectivity index (χ3n) is 3.28. The van der Waals surface area contributed by atoms with Gasteiger partial charge in [0.15, 0.2) is 5.11 Å². The van der Waals surface area contributed by atoms with Crippen LogP contribution in [0.15, 0.2) is 46.9 Å². The number of carbonyl (C=O) groups excluding carboxylic acids is 1. The van der Waals surface area contributed by atoms with Crippen LogP contribution in [0.1, 0.15) is 15.9 Å². The van der Waals surface area contributed by atoms with Gasteiger partial charge in [0.05, 0.1) is 11.1 Å². The fourth-order valence-corrected chi connectivity index (χ4v) is 2.67. The van der Waals surface area contributed by atoms with Gasteiger partial charge in [-0.1, -0.05) is 17.7 Å². The number of halogens is 1. The predicted octanol–water partition coefficient (Wildman–Crippen LogP) is 3.91. The highest BCUT2D eigenvalue weighted by Crippen LogP contribution is 2.26. The van der Waals surface area contributed by atoms with Gasteiger partial charge in [-0.3, -0.25) is 10.1 Å². The summed E-state index contributed by atoms with van der Waals surface area (Å²) < 4.78 is 11.2. The SMILES string of the molecule is COCCOc1ccc(C(=O)NC(=S)Nc2ccc(C)cc2)cc1Br. The van der Waals surface area contributed by atoms with Gasteiger partial charge in [-0.2, -0.15) is 0 Å². The van der Waals surface area contributed by atoms with Gasteiger partial charge in [-0.05, 0) is 65.4 Å². The van der Waals surface area contributed by atoms with Gasteiger partial charge in [-0.15, -0.1) is 0 Å². The molecule has 0 saturated heterocycles. The van der Waals surface area contributed by atoms with Crippen molar-refractivity contribution in [3.63, 3.8) is 0 Å². The largest absolute Gasteiger partial charge is 0.490 e. The van der Waals surface area contributed by atoms with Gasteiger partial charge in [0, 0.05) is 18.4 Å². The molecule has 2 aromatic rings. The van der Waals surface area contributed by atoms with Crippen molar-refractivity contribution in [2.24, 2.45) is 0 Å². The van der Waals surface area contributed by atoms with Crippen molar-refractivity contribution in [1.82, 2.24) is 5.32 Å². The maximum atomic E-state index is 12.3. The summed E-state index contributed by atoms with van der Waals surface area (Å²) in [4.78, 5) is 12.3. The average molecular weight is 423 g/mol. The van der Waals surface area contributed by atoms with E-state index in [1.54, 1.807) is 25.3 Å². The molecule has 0 fully saturated rings. The lowest BCUT2D eigenvalue weighted by Crippen LogP contribution is -2.34. The van der Waals surface area contributed by atoms with Crippen LogP contribution in [0.25, 0.3) is 0 Å². The van der Waals surface area contributed by atoms with Gasteiger partial charge in [0.25, 0.3) is 5.91 Å². The van der Waals surface area contributed by atoms with Crippen molar-refractivity contribution < 1.29 is 14.3 Å². The number of rotatable bonds is 6. The third kappa shape index (κ3) is 6.12. The molecular formula is C18H19BrN2O3S. The maximum Gasteiger partial charge on any atom is 0.257 e. The van der Waals surface area contributed by atoms with E-state index >= 15 is 0 Å². The molecule has 25 heavy (non-hydrogen) atoms. The first-order valence-electron chi connectivity index (χ1n) is 7.60. The van der Waals surface area contributed by atoms with E-state index < -0.39 is 0 Å². The van der Waals surface area contributed by atoms with Crippen LogP contribution in [0.2, 0.25) is 0 Å². The molecule has 7 heteroatoms. The Bertz CT molecular complexity index is 750. The van der Waals surface area contributed by atoms with Crippen molar-refractivity contribution in [2.45, 2.75) is 6.92 Å². The molecule has 2 aromatic carbocycles. The zero-order valence-electron chi connectivity index (χ0n) is 14.0. The first kappa shape index (κ1) is 19.4. The summed E-state index contributed by atoms with van der Waals surface area (Å²) >= 11 is 8.58. The van der Waals surface area contributed by atoms with Gasteiger partial charge in [0.2, 0.25) is 0 Å². The topological polar surface area (TPSA) is 59.6 Å². The predicted molar refractivity (Wildman–Crippen MR) is 106 cm³/mol. The second kappa shape index (κ2) is 9.50. The van der Waals surface area contributed by atoms with E-state index in [0.29, 0.717) is 29.0 Å². The van der Waals surface area contributed by atoms with Gasteiger partial charge in [0.1, 0.15) is 12.4 Å². The molecule has 0 aliphatic heterocycles. The first-order valence-corrected chi connectivity index (χ1v) is 8.80. The van der Waals surface area contributed by atoms with E-state index in [4.69, 9.17) is 21.7 Å². The minimum Gasteiger partial charge on any atom is -0.490 e. The zero-order chi connectivity index (χ0) is 18.2. The number of hydrogen-bond donors (Lipinski definition) is 2. The van der Waals surface area contributed by atoms with E-state index in [9.17, 15) is 4.79 Å². The smallest absolute Gasteiger partial charge is 0.257 e. The minimum absolute atomic E-state index is 0.241. The number of hydrogen-bond acceptors (Lipinski definition) is 4. The van der Waals surface area contributed by atoms with Crippen molar-refractivity contribution in [3.05, 3.63) is 58.1 Å². The highest BCUT2D eigenvalue weighted by molar-refractivity contribution is 9.10. The lowest BCUT2D eigenvalue weighted by atomic mass is 10.2. The summed E-state index contributed by atoms with van der Waals surface area (Å²) in [5.74, 6) is 0.350. The molecule has 0 saturated carbocycles. The molecule has 2 rings (SSSR count). The molecule has 0 aliphatic rings. The van der Waals surface area contributed by atoms with Crippen LogP contribution in [-0.4, -0.2) is 31.3 Å². The molecule has 2 N–H and O–H groups in total. The number of carbonyl (C=O) groups is 1. The molecule has 0 spiro atoms. The Labute approximate surface area is 160 Å². The fourth-order valence-electron chi connectivity index (χ4n) is 1.97. The van der Waals surface area contributed by atoms with Gasteiger partial charge < -0.3 is 14.8 Å². The van der Waals surface area contributed by atoms with E-state index in [-0.39, 0.29) is 11.0 Å². The van der Waals surface area contributed by atoms with Crippen LogP contribution in [0, 0.1) is 6.92 Å². The van der Waals surface area contributed by atoms with E-state index in [1.165, 1.54) is 0 Å². The Kier molecular flexibility index (Phi) is 7.36. The van der Waals surface area contributed by atoms with Crippen LogP contribution >= 0.6 is 28.1 Å². The molecule has 0 radical (unpaired) electrons. The normalized spacial score (nSPS) is 10.2. The Morgan fingerprint density at radius 1 is 1.16 bits per heavy atom. The summed E-state index contributed by atoms with van der Waals surface area (Å²) in [5, 5.41) is 5.88. The van der Waals surface area contributed by atoms with Crippen molar-refractivity contribution in [2.75, 3.05) is 25.6 Å².